The Morgan fingerprint density at radius 3 is 2.18 bits per heavy atom. The normalized spacial score (nSPS) is 12.7. The Morgan fingerprint density at radius 1 is 1.03 bits per heavy atom. The summed E-state index contributed by atoms with van der Waals surface area (Å²) < 4.78 is 58.0. The number of carbonyl (C=O) groups is 2. The van der Waals surface area contributed by atoms with Gasteiger partial charge in [0, 0.05) is 12.6 Å². The van der Waals surface area contributed by atoms with Crippen LogP contribution in [0.15, 0.2) is 60.0 Å². The molecular weight excluding hydrogens is 446 g/mol. The monoisotopic (exact) mass is 467 g/mol. The number of benzene rings is 2. The average Bonchev–Trinajstić information content (AvgIpc) is 2.78. The second-order valence-electron chi connectivity index (χ2n) is 6.77. The van der Waals surface area contributed by atoms with Crippen molar-refractivity contribution in [1.82, 2.24) is 10.6 Å². The Kier molecular flexibility index (Phi) is 8.55. The number of hydrogen-bond acceptors (Lipinski definition) is 5. The minimum Gasteiger partial charge on any atom is -0.478 e. The van der Waals surface area contributed by atoms with Crippen molar-refractivity contribution >= 4 is 17.6 Å². The van der Waals surface area contributed by atoms with E-state index in [1.807, 2.05) is 0 Å². The largest absolute Gasteiger partial charge is 0.478 e. The fraction of sp³-hybridized carbons (Fsp3) is 0.227. The molecule has 2 rings (SSSR count). The Bertz CT molecular complexity index is 1060. The number of amides is 1. The Morgan fingerprint density at radius 2 is 1.67 bits per heavy atom. The highest BCUT2D eigenvalue weighted by Gasteiger charge is 2.29. The standard InChI is InChI=1S/C22H21F4N3O4/c1-11(12-6-8-13(9-7-12)22(31)32)29-20(30)16(17(27)19(25)26)21(28-2)33-15-5-3-4-14(10-15)18(23)24/h3-11,18-19,27-28H,1-2H3,(H,29,30)(H,31,32)/b21-16-,27-17?/t11-/m0/s1. The van der Waals surface area contributed by atoms with Gasteiger partial charge in [-0.1, -0.05) is 24.3 Å². The number of aromatic carboxylic acids is 1. The smallest absolute Gasteiger partial charge is 0.335 e. The molecule has 33 heavy (non-hydrogen) atoms. The summed E-state index contributed by atoms with van der Waals surface area (Å²) in [6, 6.07) is 9.46. The summed E-state index contributed by atoms with van der Waals surface area (Å²) in [6.45, 7) is 1.53. The van der Waals surface area contributed by atoms with Gasteiger partial charge in [-0.25, -0.2) is 22.4 Å². The number of alkyl halides is 4. The molecule has 0 heterocycles. The van der Waals surface area contributed by atoms with E-state index in [1.54, 1.807) is 0 Å². The molecule has 0 aliphatic carbocycles. The van der Waals surface area contributed by atoms with Crippen LogP contribution in [0.25, 0.3) is 0 Å². The molecule has 176 valence electrons. The molecule has 0 bridgehead atoms. The van der Waals surface area contributed by atoms with Crippen molar-refractivity contribution in [2.24, 2.45) is 0 Å². The van der Waals surface area contributed by atoms with Crippen molar-refractivity contribution in [2.75, 3.05) is 7.05 Å². The van der Waals surface area contributed by atoms with Crippen LogP contribution in [0.2, 0.25) is 0 Å². The molecular formula is C22H21F4N3O4. The highest BCUT2D eigenvalue weighted by atomic mass is 19.3. The quantitative estimate of drug-likeness (QED) is 0.180. The van der Waals surface area contributed by atoms with Gasteiger partial charge in [0.2, 0.25) is 5.88 Å². The summed E-state index contributed by atoms with van der Waals surface area (Å²) in [5, 5.41) is 21.5. The molecule has 0 aliphatic heterocycles. The fourth-order valence-corrected chi connectivity index (χ4v) is 2.78. The maximum absolute atomic E-state index is 13.3. The summed E-state index contributed by atoms with van der Waals surface area (Å²) in [7, 11) is 1.26. The third kappa shape index (κ3) is 6.55. The fourth-order valence-electron chi connectivity index (χ4n) is 2.78. The topological polar surface area (TPSA) is 112 Å². The van der Waals surface area contributed by atoms with E-state index in [9.17, 15) is 27.2 Å². The van der Waals surface area contributed by atoms with Crippen LogP contribution in [-0.2, 0) is 4.79 Å². The summed E-state index contributed by atoms with van der Waals surface area (Å²) in [5.74, 6) is -2.90. The summed E-state index contributed by atoms with van der Waals surface area (Å²) in [4.78, 5) is 23.8. The molecule has 2 aromatic carbocycles. The van der Waals surface area contributed by atoms with Crippen LogP contribution in [0.3, 0.4) is 0 Å². The zero-order valence-electron chi connectivity index (χ0n) is 17.5. The average molecular weight is 467 g/mol. The van der Waals surface area contributed by atoms with E-state index in [0.717, 1.165) is 12.1 Å². The van der Waals surface area contributed by atoms with Gasteiger partial charge in [0.15, 0.2) is 0 Å². The molecule has 11 heteroatoms. The predicted octanol–water partition coefficient (Wildman–Crippen LogP) is 4.29. The molecule has 0 aromatic heterocycles. The summed E-state index contributed by atoms with van der Waals surface area (Å²) in [5.41, 5.74) is -2.03. The van der Waals surface area contributed by atoms with Gasteiger partial charge in [-0.2, -0.15) is 0 Å². The number of nitrogens with one attached hydrogen (secondary N) is 3. The van der Waals surface area contributed by atoms with Crippen LogP contribution >= 0.6 is 0 Å². The van der Waals surface area contributed by atoms with Crippen LogP contribution in [0.1, 0.15) is 40.9 Å². The van der Waals surface area contributed by atoms with Crippen molar-refractivity contribution in [3.05, 3.63) is 76.7 Å². The second kappa shape index (κ2) is 11.1. The number of carboxylic acid groups (broad SMARTS) is 1. The number of hydrogen-bond donors (Lipinski definition) is 4. The minimum absolute atomic E-state index is 0.0224. The molecule has 2 aromatic rings. The van der Waals surface area contributed by atoms with E-state index >= 15 is 0 Å². The lowest BCUT2D eigenvalue weighted by molar-refractivity contribution is -0.117. The Hall–Kier alpha value is -3.89. The van der Waals surface area contributed by atoms with Gasteiger partial charge < -0.3 is 20.5 Å². The molecule has 0 fully saturated rings. The first-order valence-corrected chi connectivity index (χ1v) is 9.54. The van der Waals surface area contributed by atoms with Crippen LogP contribution < -0.4 is 15.4 Å². The van der Waals surface area contributed by atoms with E-state index < -0.39 is 47.9 Å². The first kappa shape index (κ1) is 25.4. The summed E-state index contributed by atoms with van der Waals surface area (Å²) >= 11 is 0. The van der Waals surface area contributed by atoms with Crippen LogP contribution in [0.5, 0.6) is 5.75 Å². The van der Waals surface area contributed by atoms with Gasteiger partial charge in [0.05, 0.1) is 11.6 Å². The van der Waals surface area contributed by atoms with Crippen LogP contribution in [0, 0.1) is 5.41 Å². The van der Waals surface area contributed by atoms with Gasteiger partial charge in [-0.15, -0.1) is 0 Å². The third-order valence-electron chi connectivity index (χ3n) is 4.50. The molecule has 0 radical (unpaired) electrons. The first-order valence-electron chi connectivity index (χ1n) is 9.54. The highest BCUT2D eigenvalue weighted by Crippen LogP contribution is 2.25. The number of ether oxygens (including phenoxy) is 1. The summed E-state index contributed by atoms with van der Waals surface area (Å²) in [6.07, 6.45) is -6.12. The predicted molar refractivity (Wildman–Crippen MR) is 112 cm³/mol. The van der Waals surface area contributed by atoms with Crippen molar-refractivity contribution in [3.63, 3.8) is 0 Å². The van der Waals surface area contributed by atoms with Gasteiger partial charge in [0.25, 0.3) is 18.8 Å². The maximum atomic E-state index is 13.3. The van der Waals surface area contributed by atoms with Gasteiger partial charge in [0.1, 0.15) is 17.0 Å². The third-order valence-corrected chi connectivity index (χ3v) is 4.50. The lowest BCUT2D eigenvalue weighted by Gasteiger charge is -2.19. The van der Waals surface area contributed by atoms with Gasteiger partial charge >= 0.3 is 5.97 Å². The van der Waals surface area contributed by atoms with Crippen molar-refractivity contribution in [3.8, 4) is 5.75 Å². The second-order valence-corrected chi connectivity index (χ2v) is 6.77. The molecule has 0 saturated heterocycles. The van der Waals surface area contributed by atoms with E-state index in [4.69, 9.17) is 15.3 Å². The van der Waals surface area contributed by atoms with Crippen molar-refractivity contribution in [2.45, 2.75) is 25.8 Å². The number of halogens is 4. The number of carboxylic acids is 1. The molecule has 7 nitrogen and oxygen atoms in total. The number of rotatable bonds is 10. The highest BCUT2D eigenvalue weighted by molar-refractivity contribution is 6.22. The Labute approximate surface area is 186 Å². The minimum atomic E-state index is -3.32. The van der Waals surface area contributed by atoms with E-state index in [1.165, 1.54) is 50.4 Å². The molecule has 0 aliphatic rings. The van der Waals surface area contributed by atoms with Crippen molar-refractivity contribution < 1.29 is 37.0 Å². The van der Waals surface area contributed by atoms with Crippen LogP contribution in [0.4, 0.5) is 17.6 Å². The van der Waals surface area contributed by atoms with E-state index in [0.29, 0.717) is 5.56 Å². The molecule has 0 saturated carbocycles. The first-order chi connectivity index (χ1) is 15.5. The Balaban J connectivity index is 2.37. The molecule has 0 spiro atoms. The van der Waals surface area contributed by atoms with Gasteiger partial charge in [-0.3, -0.25) is 10.2 Å². The molecule has 4 N–H and O–H groups in total. The van der Waals surface area contributed by atoms with E-state index in [2.05, 4.69) is 10.6 Å². The zero-order valence-corrected chi connectivity index (χ0v) is 17.5. The lowest BCUT2D eigenvalue weighted by Crippen LogP contribution is -2.36. The van der Waals surface area contributed by atoms with E-state index in [-0.39, 0.29) is 16.9 Å². The maximum Gasteiger partial charge on any atom is 0.335 e. The molecule has 1 atom stereocenters. The molecule has 1 amide bonds. The zero-order chi connectivity index (χ0) is 24.7. The van der Waals surface area contributed by atoms with Gasteiger partial charge in [-0.05, 0) is 36.8 Å². The van der Waals surface area contributed by atoms with Crippen LogP contribution in [-0.4, -0.2) is 36.2 Å². The van der Waals surface area contributed by atoms with Crippen molar-refractivity contribution in [1.29, 1.82) is 5.41 Å². The SMILES string of the molecule is CN/C(Oc1cccc(C(F)F)c1)=C(\C(=N)C(F)F)C(=O)N[C@@H](C)c1ccc(C(=O)O)cc1. The number of carbonyl (C=O) groups excluding carboxylic acids is 1. The molecule has 0 unspecified atom stereocenters. The lowest BCUT2D eigenvalue weighted by atomic mass is 10.0.